The molecule has 10 heteroatoms. The number of carboxylic acids is 1. The van der Waals surface area contributed by atoms with Gasteiger partial charge in [0.1, 0.15) is 6.04 Å². The van der Waals surface area contributed by atoms with Crippen molar-refractivity contribution in [3.05, 3.63) is 26.9 Å². The minimum Gasteiger partial charge on any atom is -0.480 e. The Bertz CT molecular complexity index is 554. The average molecular weight is 364 g/mol. The van der Waals surface area contributed by atoms with Gasteiger partial charge >= 0.3 is 11.7 Å². The van der Waals surface area contributed by atoms with E-state index in [-0.39, 0.29) is 16.5 Å². The molecule has 1 rings (SSSR count). The Labute approximate surface area is 126 Å². The van der Waals surface area contributed by atoms with Crippen LogP contribution in [-0.2, 0) is 9.59 Å². The molecule has 0 bridgehead atoms. The van der Waals surface area contributed by atoms with Crippen molar-refractivity contribution in [2.24, 2.45) is 0 Å². The van der Waals surface area contributed by atoms with Crippen molar-refractivity contribution < 1.29 is 19.6 Å². The first-order chi connectivity index (χ1) is 9.31. The van der Waals surface area contributed by atoms with Crippen molar-refractivity contribution in [1.82, 2.24) is 10.3 Å². The zero-order chi connectivity index (χ0) is 15.3. The number of carboxylic acid groups (broad SMARTS) is 1. The van der Waals surface area contributed by atoms with Crippen molar-refractivity contribution in [3.63, 3.8) is 0 Å². The molecule has 0 radical (unpaired) electrons. The minimum atomic E-state index is -1.22. The molecule has 0 unspecified atom stereocenters. The zero-order valence-corrected chi connectivity index (χ0v) is 12.6. The molecule has 2 N–H and O–H groups in total. The van der Waals surface area contributed by atoms with E-state index >= 15 is 0 Å². The van der Waals surface area contributed by atoms with Crippen molar-refractivity contribution in [1.29, 1.82) is 0 Å². The molecule has 1 heterocycles. The lowest BCUT2D eigenvalue weighted by atomic mass is 10.3. The number of thioether (sulfide) groups is 1. The van der Waals surface area contributed by atoms with Crippen LogP contribution in [0.2, 0.25) is 0 Å². The van der Waals surface area contributed by atoms with Crippen LogP contribution in [0.15, 0.2) is 21.8 Å². The molecule has 0 aliphatic heterocycles. The number of nitrogens with zero attached hydrogens (tertiary/aromatic N) is 2. The van der Waals surface area contributed by atoms with Crippen LogP contribution < -0.4 is 5.32 Å². The van der Waals surface area contributed by atoms with Gasteiger partial charge in [0.25, 0.3) is 0 Å². The number of hydrogen-bond donors (Lipinski definition) is 2. The van der Waals surface area contributed by atoms with E-state index < -0.39 is 22.8 Å². The summed E-state index contributed by atoms with van der Waals surface area (Å²) in [5.74, 6) is -1.77. The molecule has 0 saturated carbocycles. The van der Waals surface area contributed by atoms with Crippen LogP contribution in [0, 0.1) is 10.1 Å². The van der Waals surface area contributed by atoms with Crippen LogP contribution in [0.4, 0.5) is 5.69 Å². The summed E-state index contributed by atoms with van der Waals surface area (Å²) >= 11 is 3.97. The molecule has 8 nitrogen and oxygen atoms in total. The maximum Gasteiger partial charge on any atom is 0.327 e. The number of pyridine rings is 1. The Hall–Kier alpha value is -1.68. The van der Waals surface area contributed by atoms with E-state index in [1.807, 2.05) is 0 Å². The molecule has 0 fully saturated rings. The fraction of sp³-hybridized carbons (Fsp3) is 0.300. The SMILES string of the molecule is CC(=O)N[C@@H](CSc1ncc(Br)cc1[N+](=O)[O-])C(=O)O. The first kappa shape index (κ1) is 16.4. The second kappa shape index (κ2) is 7.20. The number of aliphatic carboxylic acids is 1. The largest absolute Gasteiger partial charge is 0.480 e. The van der Waals surface area contributed by atoms with Gasteiger partial charge in [-0.25, -0.2) is 9.78 Å². The fourth-order valence-corrected chi connectivity index (χ4v) is 2.52. The molecule has 1 aromatic heterocycles. The second-order valence-electron chi connectivity index (χ2n) is 3.64. The van der Waals surface area contributed by atoms with Crippen molar-refractivity contribution in [2.75, 3.05) is 5.75 Å². The molecule has 0 saturated heterocycles. The monoisotopic (exact) mass is 363 g/mol. The number of hydrogen-bond acceptors (Lipinski definition) is 6. The highest BCUT2D eigenvalue weighted by molar-refractivity contribution is 9.10. The highest BCUT2D eigenvalue weighted by atomic mass is 79.9. The standard InChI is InChI=1S/C10H10BrN3O5S/c1-5(15)13-7(10(16)17)4-20-9-8(14(18)19)2-6(11)3-12-9/h2-3,7H,4H2,1H3,(H,13,15)(H,16,17)/t7-/m0/s1. The average Bonchev–Trinajstić information content (AvgIpc) is 2.34. The van der Waals surface area contributed by atoms with Gasteiger partial charge in [0.15, 0.2) is 5.03 Å². The Morgan fingerprint density at radius 1 is 1.65 bits per heavy atom. The van der Waals surface area contributed by atoms with Gasteiger partial charge in [-0.3, -0.25) is 14.9 Å². The molecule has 108 valence electrons. The fourth-order valence-electron chi connectivity index (χ4n) is 1.24. The van der Waals surface area contributed by atoms with Gasteiger partial charge in [0.2, 0.25) is 5.91 Å². The van der Waals surface area contributed by atoms with E-state index in [0.717, 1.165) is 11.8 Å². The predicted octanol–water partition coefficient (Wildman–Crippen LogP) is 1.43. The summed E-state index contributed by atoms with van der Waals surface area (Å²) in [6.07, 6.45) is 1.38. The van der Waals surface area contributed by atoms with Crippen LogP contribution in [0.1, 0.15) is 6.92 Å². The highest BCUT2D eigenvalue weighted by Crippen LogP contribution is 2.29. The molecule has 1 amide bonds. The molecule has 0 aliphatic carbocycles. The molecular formula is C10H10BrN3O5S. The Balaban J connectivity index is 2.85. The molecular weight excluding hydrogens is 354 g/mol. The van der Waals surface area contributed by atoms with Crippen molar-refractivity contribution in [3.8, 4) is 0 Å². The first-order valence-electron chi connectivity index (χ1n) is 5.24. The van der Waals surface area contributed by atoms with E-state index in [9.17, 15) is 19.7 Å². The number of rotatable bonds is 6. The summed E-state index contributed by atoms with van der Waals surface area (Å²) in [6, 6.07) is 0.145. The van der Waals surface area contributed by atoms with Gasteiger partial charge in [0.05, 0.1) is 4.92 Å². The third kappa shape index (κ3) is 4.78. The molecule has 1 atom stereocenters. The Kier molecular flexibility index (Phi) is 5.89. The van der Waals surface area contributed by atoms with E-state index in [2.05, 4.69) is 26.2 Å². The van der Waals surface area contributed by atoms with Gasteiger partial charge in [-0.15, -0.1) is 0 Å². The van der Waals surface area contributed by atoms with Crippen LogP contribution in [0.3, 0.4) is 0 Å². The second-order valence-corrected chi connectivity index (χ2v) is 5.56. The van der Waals surface area contributed by atoms with E-state index in [1.165, 1.54) is 19.2 Å². The highest BCUT2D eigenvalue weighted by Gasteiger charge is 2.22. The summed E-state index contributed by atoms with van der Waals surface area (Å²) in [4.78, 5) is 36.0. The van der Waals surface area contributed by atoms with E-state index in [1.54, 1.807) is 0 Å². The number of nitro groups is 1. The lowest BCUT2D eigenvalue weighted by molar-refractivity contribution is -0.388. The lowest BCUT2D eigenvalue weighted by Crippen LogP contribution is -2.41. The van der Waals surface area contributed by atoms with Gasteiger partial charge in [-0.1, -0.05) is 11.8 Å². The Morgan fingerprint density at radius 3 is 2.80 bits per heavy atom. The van der Waals surface area contributed by atoms with E-state index in [0.29, 0.717) is 4.47 Å². The number of carbonyl (C=O) groups is 2. The number of carbonyl (C=O) groups excluding carboxylic acids is 1. The van der Waals surface area contributed by atoms with Crippen LogP contribution >= 0.6 is 27.7 Å². The molecule has 0 aliphatic rings. The van der Waals surface area contributed by atoms with Crippen molar-refractivity contribution >= 4 is 45.3 Å². The molecule has 0 aromatic carbocycles. The number of amides is 1. The lowest BCUT2D eigenvalue weighted by Gasteiger charge is -2.12. The first-order valence-corrected chi connectivity index (χ1v) is 7.01. The summed E-state index contributed by atoms with van der Waals surface area (Å²) in [7, 11) is 0. The summed E-state index contributed by atoms with van der Waals surface area (Å²) < 4.78 is 0.449. The minimum absolute atomic E-state index is 0.0651. The quantitative estimate of drug-likeness (QED) is 0.445. The number of nitrogens with one attached hydrogen (secondary N) is 1. The third-order valence-corrected chi connectivity index (χ3v) is 3.58. The summed E-state index contributed by atoms with van der Waals surface area (Å²) in [5.41, 5.74) is -0.226. The van der Waals surface area contributed by atoms with Gasteiger partial charge in [0, 0.05) is 29.4 Å². The molecule has 1 aromatic rings. The smallest absolute Gasteiger partial charge is 0.327 e. The predicted molar refractivity (Wildman–Crippen MR) is 74.6 cm³/mol. The summed E-state index contributed by atoms with van der Waals surface area (Å²) in [6.45, 7) is 1.20. The van der Waals surface area contributed by atoms with Gasteiger partial charge in [-0.2, -0.15) is 0 Å². The van der Waals surface area contributed by atoms with Crippen LogP contribution in [-0.4, -0.2) is 38.7 Å². The normalized spacial score (nSPS) is 11.7. The number of halogens is 1. The van der Waals surface area contributed by atoms with Gasteiger partial charge in [-0.05, 0) is 15.9 Å². The van der Waals surface area contributed by atoms with Crippen LogP contribution in [0.5, 0.6) is 0 Å². The zero-order valence-electron chi connectivity index (χ0n) is 10.2. The topological polar surface area (TPSA) is 122 Å². The van der Waals surface area contributed by atoms with Crippen molar-refractivity contribution in [2.45, 2.75) is 18.0 Å². The van der Waals surface area contributed by atoms with Crippen LogP contribution in [0.25, 0.3) is 0 Å². The third-order valence-electron chi connectivity index (χ3n) is 2.06. The van der Waals surface area contributed by atoms with E-state index in [4.69, 9.17) is 5.11 Å². The molecule has 20 heavy (non-hydrogen) atoms. The maximum absolute atomic E-state index is 10.9. The number of aromatic nitrogens is 1. The van der Waals surface area contributed by atoms with Gasteiger partial charge < -0.3 is 10.4 Å². The Morgan fingerprint density at radius 2 is 2.30 bits per heavy atom. The molecule has 0 spiro atoms. The maximum atomic E-state index is 10.9. The summed E-state index contributed by atoms with van der Waals surface area (Å²) in [5, 5.41) is 22.1.